The molecule has 0 aromatic carbocycles. The molecule has 0 aliphatic heterocycles. The summed E-state index contributed by atoms with van der Waals surface area (Å²) in [5, 5.41) is 0. The van der Waals surface area contributed by atoms with Crippen LogP contribution < -0.4 is 0 Å². The number of allylic oxidation sites excluding steroid dienone is 19. The predicted octanol–water partition coefficient (Wildman–Crippen LogP) is 16.1. The van der Waals surface area contributed by atoms with Crippen LogP contribution in [0, 0.1) is 0 Å². The first kappa shape index (κ1) is 57.8. The molecular weight excluding hydrogens is 769 g/mol. The minimum atomic E-state index is -0.829. The Hall–Kier alpha value is -4.19. The van der Waals surface area contributed by atoms with E-state index in [4.69, 9.17) is 14.2 Å². The number of rotatable bonds is 42. The van der Waals surface area contributed by atoms with E-state index in [0.717, 1.165) is 128 Å². The SMILES string of the molecule is CC/C=C\C/C=C\C/C=C\C/C=C\CCCCCCCCC(=O)OCC(COC(=O)C/C=C\C/C=C\C/C=C\CC)OC(=O)CCCCCCCC/C=C\C/C=C\C/C=C\CC. The molecule has 0 saturated carbocycles. The lowest BCUT2D eigenvalue weighted by Gasteiger charge is -2.18. The van der Waals surface area contributed by atoms with Crippen LogP contribution in [0.25, 0.3) is 0 Å². The Labute approximate surface area is 380 Å². The van der Waals surface area contributed by atoms with Crippen molar-refractivity contribution in [1.29, 1.82) is 0 Å². The van der Waals surface area contributed by atoms with E-state index < -0.39 is 12.1 Å². The molecule has 62 heavy (non-hydrogen) atoms. The van der Waals surface area contributed by atoms with Crippen LogP contribution in [0.4, 0.5) is 0 Å². The number of ether oxygens (including phenoxy) is 3. The summed E-state index contributed by atoms with van der Waals surface area (Å²) in [6, 6.07) is 0. The van der Waals surface area contributed by atoms with Crippen molar-refractivity contribution in [3.05, 3.63) is 122 Å². The highest BCUT2D eigenvalue weighted by Gasteiger charge is 2.19. The maximum atomic E-state index is 12.8. The molecule has 0 heterocycles. The van der Waals surface area contributed by atoms with Gasteiger partial charge in [-0.05, 0) is 103 Å². The van der Waals surface area contributed by atoms with Crippen LogP contribution in [0.15, 0.2) is 122 Å². The third kappa shape index (κ3) is 46.9. The second-order valence-electron chi connectivity index (χ2n) is 15.6. The Morgan fingerprint density at radius 1 is 0.339 bits per heavy atom. The maximum absolute atomic E-state index is 12.8. The van der Waals surface area contributed by atoms with Crippen molar-refractivity contribution in [2.75, 3.05) is 13.2 Å². The molecule has 0 fully saturated rings. The summed E-state index contributed by atoms with van der Waals surface area (Å²) in [6.07, 6.45) is 67.9. The molecular formula is C56H88O6. The lowest BCUT2D eigenvalue weighted by Crippen LogP contribution is -2.30. The molecule has 0 spiro atoms. The number of carbonyl (C=O) groups is 3. The molecule has 1 unspecified atom stereocenters. The zero-order valence-electron chi connectivity index (χ0n) is 39.6. The molecule has 6 nitrogen and oxygen atoms in total. The van der Waals surface area contributed by atoms with Crippen LogP contribution in [0.2, 0.25) is 0 Å². The van der Waals surface area contributed by atoms with E-state index in [1.54, 1.807) is 6.08 Å². The van der Waals surface area contributed by atoms with E-state index in [1.165, 1.54) is 25.7 Å². The lowest BCUT2D eigenvalue weighted by molar-refractivity contribution is -0.166. The smallest absolute Gasteiger partial charge is 0.309 e. The van der Waals surface area contributed by atoms with Gasteiger partial charge in [-0.25, -0.2) is 0 Å². The summed E-state index contributed by atoms with van der Waals surface area (Å²) >= 11 is 0. The summed E-state index contributed by atoms with van der Waals surface area (Å²) in [7, 11) is 0. The summed E-state index contributed by atoms with van der Waals surface area (Å²) in [4.78, 5) is 37.8. The standard InChI is InChI=1S/C56H88O6/c1-4-7-10-13-16-19-21-23-25-27-28-29-31-32-34-37-40-43-46-49-55(58)61-52-53(51-60-54(57)48-45-42-39-36-18-15-12-9-6-3)62-56(59)50-47-44-41-38-35-33-30-26-24-22-20-17-14-11-8-5-2/h7-12,16-20,23-26,28-29,36,42,45,53H,4-6,13-15,21-22,27,30-35,37-41,43-44,46-52H2,1-3H3/b10-7-,11-8-,12-9-,19-16-,20-17-,25-23-,26-24-,29-28-,36-18-,45-42-. The second-order valence-corrected chi connectivity index (χ2v) is 15.6. The fraction of sp³-hybridized carbons (Fsp3) is 0.589. The minimum absolute atomic E-state index is 0.122. The normalized spacial score (nSPS) is 13.1. The molecule has 348 valence electrons. The van der Waals surface area contributed by atoms with Gasteiger partial charge in [0.15, 0.2) is 6.10 Å². The van der Waals surface area contributed by atoms with Gasteiger partial charge >= 0.3 is 17.9 Å². The predicted molar refractivity (Wildman–Crippen MR) is 265 cm³/mol. The van der Waals surface area contributed by atoms with Crippen molar-refractivity contribution < 1.29 is 28.6 Å². The summed E-state index contributed by atoms with van der Waals surface area (Å²) in [5.74, 6) is -1.09. The Kier molecular flexibility index (Phi) is 46.1. The van der Waals surface area contributed by atoms with Crippen molar-refractivity contribution in [2.45, 2.75) is 200 Å². The number of unbranched alkanes of at least 4 members (excludes halogenated alkanes) is 12. The zero-order valence-corrected chi connectivity index (χ0v) is 39.6. The van der Waals surface area contributed by atoms with Crippen molar-refractivity contribution in [1.82, 2.24) is 0 Å². The highest BCUT2D eigenvalue weighted by Crippen LogP contribution is 2.13. The number of hydrogen-bond acceptors (Lipinski definition) is 6. The molecule has 0 bridgehead atoms. The third-order valence-electron chi connectivity index (χ3n) is 9.73. The largest absolute Gasteiger partial charge is 0.462 e. The van der Waals surface area contributed by atoms with Crippen molar-refractivity contribution in [3.8, 4) is 0 Å². The van der Waals surface area contributed by atoms with Gasteiger partial charge < -0.3 is 14.2 Å². The molecule has 1 atom stereocenters. The summed E-state index contributed by atoms with van der Waals surface area (Å²) < 4.78 is 16.6. The van der Waals surface area contributed by atoms with Crippen molar-refractivity contribution in [3.63, 3.8) is 0 Å². The Morgan fingerprint density at radius 3 is 1.05 bits per heavy atom. The first-order valence-electron chi connectivity index (χ1n) is 24.5. The van der Waals surface area contributed by atoms with Crippen molar-refractivity contribution in [2.24, 2.45) is 0 Å². The van der Waals surface area contributed by atoms with Gasteiger partial charge in [-0.15, -0.1) is 0 Å². The van der Waals surface area contributed by atoms with Gasteiger partial charge in [0.25, 0.3) is 0 Å². The quantitative estimate of drug-likeness (QED) is 0.0263. The van der Waals surface area contributed by atoms with Gasteiger partial charge in [-0.2, -0.15) is 0 Å². The molecule has 0 aromatic rings. The zero-order chi connectivity index (χ0) is 45.1. The maximum Gasteiger partial charge on any atom is 0.309 e. The molecule has 0 rings (SSSR count). The van der Waals surface area contributed by atoms with Crippen LogP contribution in [0.5, 0.6) is 0 Å². The first-order chi connectivity index (χ1) is 30.5. The van der Waals surface area contributed by atoms with E-state index in [1.807, 2.05) is 6.08 Å². The van der Waals surface area contributed by atoms with E-state index in [0.29, 0.717) is 6.42 Å². The minimum Gasteiger partial charge on any atom is -0.462 e. The van der Waals surface area contributed by atoms with Gasteiger partial charge in [0.1, 0.15) is 13.2 Å². The van der Waals surface area contributed by atoms with Gasteiger partial charge in [0.2, 0.25) is 0 Å². The Balaban J connectivity index is 4.44. The first-order valence-corrected chi connectivity index (χ1v) is 24.5. The molecule has 6 heteroatoms. The molecule has 0 aromatic heterocycles. The average molecular weight is 857 g/mol. The fourth-order valence-electron chi connectivity index (χ4n) is 6.15. The average Bonchev–Trinajstić information content (AvgIpc) is 3.27. The topological polar surface area (TPSA) is 78.9 Å². The van der Waals surface area contributed by atoms with E-state index in [9.17, 15) is 14.4 Å². The fourth-order valence-corrected chi connectivity index (χ4v) is 6.15. The van der Waals surface area contributed by atoms with Crippen molar-refractivity contribution >= 4 is 17.9 Å². The van der Waals surface area contributed by atoms with Gasteiger partial charge in [0, 0.05) is 12.8 Å². The van der Waals surface area contributed by atoms with E-state index >= 15 is 0 Å². The molecule has 0 saturated heterocycles. The molecule has 0 aliphatic rings. The number of esters is 3. The highest BCUT2D eigenvalue weighted by molar-refractivity contribution is 5.72. The molecule has 0 amide bonds. The van der Waals surface area contributed by atoms with Crippen LogP contribution in [-0.2, 0) is 28.6 Å². The monoisotopic (exact) mass is 857 g/mol. The summed E-state index contributed by atoms with van der Waals surface area (Å²) in [6.45, 7) is 6.15. The van der Waals surface area contributed by atoms with E-state index in [-0.39, 0.29) is 38.0 Å². The third-order valence-corrected chi connectivity index (χ3v) is 9.73. The Morgan fingerprint density at radius 2 is 0.645 bits per heavy atom. The van der Waals surface area contributed by atoms with Crippen LogP contribution in [0.3, 0.4) is 0 Å². The molecule has 0 radical (unpaired) electrons. The van der Waals surface area contributed by atoms with Gasteiger partial charge in [-0.1, -0.05) is 194 Å². The highest BCUT2D eigenvalue weighted by atomic mass is 16.6. The molecule has 0 aliphatic carbocycles. The van der Waals surface area contributed by atoms with Crippen LogP contribution in [-0.4, -0.2) is 37.2 Å². The lowest BCUT2D eigenvalue weighted by atomic mass is 10.1. The van der Waals surface area contributed by atoms with Gasteiger partial charge in [-0.3, -0.25) is 14.4 Å². The van der Waals surface area contributed by atoms with E-state index in [2.05, 4.69) is 130 Å². The summed E-state index contributed by atoms with van der Waals surface area (Å²) in [5.41, 5.74) is 0. The second kappa shape index (κ2) is 49.5. The Bertz CT molecular complexity index is 1350. The van der Waals surface area contributed by atoms with Gasteiger partial charge in [0.05, 0.1) is 6.42 Å². The van der Waals surface area contributed by atoms with Crippen LogP contribution in [0.1, 0.15) is 194 Å². The number of hydrogen-bond donors (Lipinski definition) is 0. The number of carbonyl (C=O) groups excluding carboxylic acids is 3. The molecule has 0 N–H and O–H groups in total. The van der Waals surface area contributed by atoms with Crippen LogP contribution >= 0.6 is 0 Å².